The zero-order valence-corrected chi connectivity index (χ0v) is 12.9. The number of aryl methyl sites for hydroxylation is 1. The van der Waals surface area contributed by atoms with Crippen molar-refractivity contribution in [1.29, 1.82) is 0 Å². The lowest BCUT2D eigenvalue weighted by Crippen LogP contribution is -2.46. The van der Waals surface area contributed by atoms with Crippen molar-refractivity contribution in [2.24, 2.45) is 0 Å². The number of rotatable bonds is 7. The number of benzene rings is 1. The number of carbonyl (C=O) groups is 1. The molecular weight excluding hydrogens is 297 g/mol. The second-order valence-electron chi connectivity index (χ2n) is 5.15. The van der Waals surface area contributed by atoms with Crippen molar-refractivity contribution in [2.75, 3.05) is 26.7 Å². The maximum absolute atomic E-state index is 12.1. The molecule has 0 spiro atoms. The number of nitrogens with one attached hydrogen (secondary N) is 1. The van der Waals surface area contributed by atoms with E-state index in [1.54, 1.807) is 18.9 Å². The third-order valence-corrected chi connectivity index (χ3v) is 3.24. The Morgan fingerprint density at radius 3 is 2.45 bits per heavy atom. The maximum Gasteiger partial charge on any atom is 0.405 e. The van der Waals surface area contributed by atoms with Crippen LogP contribution in [0, 0.1) is 6.92 Å². The van der Waals surface area contributed by atoms with E-state index in [0.29, 0.717) is 18.9 Å². The first-order chi connectivity index (χ1) is 10.2. The second kappa shape index (κ2) is 8.03. The predicted octanol–water partition coefficient (Wildman–Crippen LogP) is 2.37. The lowest BCUT2D eigenvalue weighted by Gasteiger charge is -2.24. The first-order valence-corrected chi connectivity index (χ1v) is 6.93. The van der Waals surface area contributed by atoms with Crippen molar-refractivity contribution in [1.82, 2.24) is 10.2 Å². The monoisotopic (exact) mass is 318 g/mol. The molecule has 1 atom stereocenters. The Kier molecular flexibility index (Phi) is 6.67. The smallest absolute Gasteiger partial charge is 0.405 e. The molecule has 1 amide bonds. The molecule has 0 bridgehead atoms. The van der Waals surface area contributed by atoms with Crippen LogP contribution in [-0.2, 0) is 4.79 Å². The van der Waals surface area contributed by atoms with E-state index in [2.05, 4.69) is 0 Å². The molecular formula is C15H21F3N2O2. The molecule has 7 heteroatoms. The summed E-state index contributed by atoms with van der Waals surface area (Å²) in [5.74, 6) is 0.0586. The number of ether oxygens (including phenoxy) is 1. The van der Waals surface area contributed by atoms with E-state index < -0.39 is 24.7 Å². The molecule has 1 unspecified atom stereocenters. The molecule has 0 heterocycles. The number of hydrogen-bond acceptors (Lipinski definition) is 3. The Bertz CT molecular complexity index is 475. The molecule has 0 aliphatic rings. The van der Waals surface area contributed by atoms with Crippen LogP contribution in [0.5, 0.6) is 5.75 Å². The van der Waals surface area contributed by atoms with Crippen molar-refractivity contribution in [3.63, 3.8) is 0 Å². The molecule has 22 heavy (non-hydrogen) atoms. The van der Waals surface area contributed by atoms with Gasteiger partial charge in [0.25, 0.3) is 0 Å². The van der Waals surface area contributed by atoms with Gasteiger partial charge in [0.05, 0.1) is 6.04 Å². The summed E-state index contributed by atoms with van der Waals surface area (Å²) in [4.78, 5) is 13.2. The van der Waals surface area contributed by atoms with E-state index in [4.69, 9.17) is 4.74 Å². The summed E-state index contributed by atoms with van der Waals surface area (Å²) in [6.45, 7) is 2.98. The van der Waals surface area contributed by atoms with Crippen LogP contribution in [0.3, 0.4) is 0 Å². The van der Waals surface area contributed by atoms with E-state index >= 15 is 0 Å². The van der Waals surface area contributed by atoms with E-state index in [1.807, 2.05) is 36.5 Å². The lowest BCUT2D eigenvalue weighted by atomic mass is 10.2. The highest BCUT2D eigenvalue weighted by atomic mass is 19.4. The van der Waals surface area contributed by atoms with Crippen LogP contribution < -0.4 is 10.1 Å². The highest BCUT2D eigenvalue weighted by molar-refractivity contribution is 5.81. The highest BCUT2D eigenvalue weighted by Crippen LogP contribution is 2.13. The molecule has 0 fully saturated rings. The van der Waals surface area contributed by atoms with Gasteiger partial charge in [-0.15, -0.1) is 0 Å². The summed E-state index contributed by atoms with van der Waals surface area (Å²) in [6.07, 6.45) is -4.40. The first kappa shape index (κ1) is 18.3. The van der Waals surface area contributed by atoms with Crippen molar-refractivity contribution in [2.45, 2.75) is 26.1 Å². The number of likely N-dealkylation sites (N-methyl/N-ethyl adjacent to an activating group) is 1. The fourth-order valence-electron chi connectivity index (χ4n) is 1.67. The van der Waals surface area contributed by atoms with Gasteiger partial charge in [0.1, 0.15) is 18.9 Å². The van der Waals surface area contributed by atoms with Gasteiger partial charge in [0.2, 0.25) is 5.91 Å². The predicted molar refractivity (Wildman–Crippen MR) is 77.8 cm³/mol. The fraction of sp³-hybridized carbons (Fsp3) is 0.533. The van der Waals surface area contributed by atoms with Crippen molar-refractivity contribution < 1.29 is 22.7 Å². The molecule has 0 saturated carbocycles. The standard InChI is InChI=1S/C15H21F3N2O2/c1-11-4-6-13(7-5-11)22-9-8-20(3)12(2)14(21)19-10-15(16,17)18/h4-7,12H,8-10H2,1-3H3,(H,19,21). The Labute approximate surface area is 128 Å². The summed E-state index contributed by atoms with van der Waals surface area (Å²) in [5.41, 5.74) is 1.12. The highest BCUT2D eigenvalue weighted by Gasteiger charge is 2.29. The number of halogens is 3. The zero-order valence-electron chi connectivity index (χ0n) is 12.9. The van der Waals surface area contributed by atoms with Gasteiger partial charge in [0, 0.05) is 6.54 Å². The maximum atomic E-state index is 12.1. The molecule has 1 rings (SSSR count). The molecule has 1 N–H and O–H groups in total. The fourth-order valence-corrected chi connectivity index (χ4v) is 1.67. The van der Waals surface area contributed by atoms with Crippen LogP contribution in [0.15, 0.2) is 24.3 Å². The Balaban J connectivity index is 2.32. The molecule has 124 valence electrons. The quantitative estimate of drug-likeness (QED) is 0.839. The molecule has 0 radical (unpaired) electrons. The summed E-state index contributed by atoms with van der Waals surface area (Å²) >= 11 is 0. The van der Waals surface area contributed by atoms with Gasteiger partial charge in [-0.1, -0.05) is 17.7 Å². The van der Waals surface area contributed by atoms with Crippen LogP contribution in [-0.4, -0.2) is 49.8 Å². The minimum atomic E-state index is -4.40. The molecule has 0 aliphatic carbocycles. The molecule has 4 nitrogen and oxygen atoms in total. The second-order valence-corrected chi connectivity index (χ2v) is 5.15. The molecule has 0 aromatic heterocycles. The van der Waals surface area contributed by atoms with Gasteiger partial charge in [0.15, 0.2) is 0 Å². The van der Waals surface area contributed by atoms with Gasteiger partial charge >= 0.3 is 6.18 Å². The summed E-state index contributed by atoms with van der Waals surface area (Å²) in [7, 11) is 1.66. The first-order valence-electron chi connectivity index (χ1n) is 6.93. The van der Waals surface area contributed by atoms with E-state index in [-0.39, 0.29) is 0 Å². The van der Waals surface area contributed by atoms with Crippen molar-refractivity contribution in [3.05, 3.63) is 29.8 Å². The average Bonchev–Trinajstić information content (AvgIpc) is 2.45. The Morgan fingerprint density at radius 2 is 1.91 bits per heavy atom. The number of alkyl halides is 3. The molecule has 1 aromatic carbocycles. The molecule has 1 aromatic rings. The van der Waals surface area contributed by atoms with Crippen molar-refractivity contribution >= 4 is 5.91 Å². The third kappa shape index (κ3) is 6.80. The van der Waals surface area contributed by atoms with Gasteiger partial charge in [-0.2, -0.15) is 13.2 Å². The van der Waals surface area contributed by atoms with Crippen LogP contribution in [0.4, 0.5) is 13.2 Å². The minimum Gasteiger partial charge on any atom is -0.492 e. The third-order valence-electron chi connectivity index (χ3n) is 3.24. The summed E-state index contributed by atoms with van der Waals surface area (Å²) < 4.78 is 41.7. The zero-order chi connectivity index (χ0) is 16.8. The van der Waals surface area contributed by atoms with E-state index in [9.17, 15) is 18.0 Å². The van der Waals surface area contributed by atoms with Gasteiger partial charge < -0.3 is 10.1 Å². The number of nitrogens with zero attached hydrogens (tertiary/aromatic N) is 1. The lowest BCUT2D eigenvalue weighted by molar-refractivity contribution is -0.141. The minimum absolute atomic E-state index is 0.344. The topological polar surface area (TPSA) is 41.6 Å². The van der Waals surface area contributed by atoms with Crippen LogP contribution in [0.2, 0.25) is 0 Å². The SMILES string of the molecule is Cc1ccc(OCCN(C)C(C)C(=O)NCC(F)(F)F)cc1. The summed E-state index contributed by atoms with van der Waals surface area (Å²) in [6, 6.07) is 6.87. The normalized spacial score (nSPS) is 13.0. The van der Waals surface area contributed by atoms with E-state index in [1.165, 1.54) is 0 Å². The van der Waals surface area contributed by atoms with Gasteiger partial charge in [-0.3, -0.25) is 9.69 Å². The van der Waals surface area contributed by atoms with Crippen LogP contribution in [0.1, 0.15) is 12.5 Å². The number of hydrogen-bond donors (Lipinski definition) is 1. The van der Waals surface area contributed by atoms with Crippen molar-refractivity contribution in [3.8, 4) is 5.75 Å². The molecule has 0 aliphatic heterocycles. The van der Waals surface area contributed by atoms with Crippen LogP contribution in [0.25, 0.3) is 0 Å². The number of carbonyl (C=O) groups excluding carboxylic acids is 1. The van der Waals surface area contributed by atoms with E-state index in [0.717, 1.165) is 5.56 Å². The number of amides is 1. The van der Waals surface area contributed by atoms with Crippen LogP contribution >= 0.6 is 0 Å². The summed E-state index contributed by atoms with van der Waals surface area (Å²) in [5, 5.41) is 1.87. The van der Waals surface area contributed by atoms with Gasteiger partial charge in [-0.25, -0.2) is 0 Å². The Morgan fingerprint density at radius 1 is 1.32 bits per heavy atom. The Hall–Kier alpha value is -1.76. The largest absolute Gasteiger partial charge is 0.492 e. The average molecular weight is 318 g/mol. The van der Waals surface area contributed by atoms with Gasteiger partial charge in [-0.05, 0) is 33.0 Å². The molecule has 0 saturated heterocycles.